The van der Waals surface area contributed by atoms with Crippen LogP contribution in [-0.2, 0) is 6.61 Å². The van der Waals surface area contributed by atoms with E-state index >= 15 is 0 Å². The summed E-state index contributed by atoms with van der Waals surface area (Å²) in [7, 11) is 0. The Kier molecular flexibility index (Phi) is 3.73. The van der Waals surface area contributed by atoms with Crippen LogP contribution in [0.5, 0.6) is 5.75 Å². The summed E-state index contributed by atoms with van der Waals surface area (Å²) >= 11 is 1.47. The van der Waals surface area contributed by atoms with Crippen molar-refractivity contribution in [2.24, 2.45) is 0 Å². The first-order valence-corrected chi connectivity index (χ1v) is 6.14. The molecule has 0 radical (unpaired) electrons. The maximum atomic E-state index is 10.9. The lowest BCUT2D eigenvalue weighted by Gasteiger charge is -2.05. The first kappa shape index (κ1) is 13.0. The lowest BCUT2D eigenvalue weighted by molar-refractivity contribution is -0.386. The Labute approximate surface area is 113 Å². The summed E-state index contributed by atoms with van der Waals surface area (Å²) in [5.41, 5.74) is 0.0213. The third-order valence-electron chi connectivity index (χ3n) is 2.32. The predicted molar refractivity (Wildman–Crippen MR) is 69.0 cm³/mol. The number of thiazole rings is 1. The van der Waals surface area contributed by atoms with Gasteiger partial charge in [-0.05, 0) is 19.1 Å². The van der Waals surface area contributed by atoms with E-state index in [1.807, 2.05) is 13.0 Å². The number of aryl methyl sites for hydroxylation is 1. The molecule has 0 bridgehead atoms. The molecule has 0 aliphatic heterocycles. The summed E-state index contributed by atoms with van der Waals surface area (Å²) in [4.78, 5) is 15.3. The minimum atomic E-state index is -0.561. The van der Waals surface area contributed by atoms with E-state index in [1.165, 1.54) is 29.5 Å². The van der Waals surface area contributed by atoms with Gasteiger partial charge < -0.3 is 4.74 Å². The van der Waals surface area contributed by atoms with E-state index in [0.29, 0.717) is 0 Å². The highest BCUT2D eigenvalue weighted by Crippen LogP contribution is 2.29. The summed E-state index contributed by atoms with van der Waals surface area (Å²) in [6.45, 7) is 2.09. The average molecular weight is 275 g/mol. The van der Waals surface area contributed by atoms with Crippen molar-refractivity contribution >= 4 is 17.0 Å². The molecule has 2 rings (SSSR count). The zero-order valence-corrected chi connectivity index (χ0v) is 10.8. The van der Waals surface area contributed by atoms with Crippen LogP contribution in [0.25, 0.3) is 0 Å². The van der Waals surface area contributed by atoms with Gasteiger partial charge in [0.15, 0.2) is 5.75 Å². The number of nitro benzene ring substituents is 1. The van der Waals surface area contributed by atoms with Crippen LogP contribution >= 0.6 is 11.3 Å². The number of hydrogen-bond donors (Lipinski definition) is 0. The molecule has 1 aromatic carbocycles. The average Bonchev–Trinajstić information content (AvgIpc) is 2.82. The van der Waals surface area contributed by atoms with Crippen molar-refractivity contribution < 1.29 is 9.66 Å². The van der Waals surface area contributed by atoms with Crippen molar-refractivity contribution in [3.63, 3.8) is 0 Å². The van der Waals surface area contributed by atoms with Crippen molar-refractivity contribution in [1.29, 1.82) is 5.26 Å². The minimum absolute atomic E-state index is 0.148. The van der Waals surface area contributed by atoms with Crippen LogP contribution in [0.4, 0.5) is 5.69 Å². The standard InChI is InChI=1S/C12H9N3O3S/c1-8-14-6-10(19-8)7-18-12-3-2-9(5-13)4-11(12)15(16)17/h2-4,6H,7H2,1H3. The van der Waals surface area contributed by atoms with Crippen LogP contribution in [0.2, 0.25) is 0 Å². The third kappa shape index (κ3) is 3.05. The van der Waals surface area contributed by atoms with Crippen molar-refractivity contribution in [3.8, 4) is 11.8 Å². The zero-order chi connectivity index (χ0) is 13.8. The smallest absolute Gasteiger partial charge is 0.312 e. The normalized spacial score (nSPS) is 9.89. The van der Waals surface area contributed by atoms with Crippen molar-refractivity contribution in [1.82, 2.24) is 4.98 Å². The molecule has 0 aliphatic rings. The number of ether oxygens (including phenoxy) is 1. The molecular weight excluding hydrogens is 266 g/mol. The highest BCUT2D eigenvalue weighted by atomic mass is 32.1. The first-order valence-electron chi connectivity index (χ1n) is 5.33. The molecule has 0 amide bonds. The molecule has 1 heterocycles. The molecule has 0 N–H and O–H groups in total. The molecule has 0 saturated carbocycles. The molecule has 0 fully saturated rings. The van der Waals surface area contributed by atoms with Gasteiger partial charge in [-0.3, -0.25) is 10.1 Å². The molecule has 6 nitrogen and oxygen atoms in total. The zero-order valence-electron chi connectivity index (χ0n) is 9.99. The summed E-state index contributed by atoms with van der Waals surface area (Å²) < 4.78 is 5.42. The van der Waals surface area contributed by atoms with Gasteiger partial charge in [-0.15, -0.1) is 11.3 Å². The van der Waals surface area contributed by atoms with Crippen LogP contribution in [-0.4, -0.2) is 9.91 Å². The lowest BCUT2D eigenvalue weighted by atomic mass is 10.2. The van der Waals surface area contributed by atoms with Gasteiger partial charge in [-0.25, -0.2) is 4.98 Å². The number of hydrogen-bond acceptors (Lipinski definition) is 6. The Balaban J connectivity index is 2.20. The van der Waals surface area contributed by atoms with Gasteiger partial charge in [0, 0.05) is 12.3 Å². The molecule has 0 unspecified atom stereocenters. The van der Waals surface area contributed by atoms with Crippen molar-refractivity contribution in [2.45, 2.75) is 13.5 Å². The SMILES string of the molecule is Cc1ncc(COc2ccc(C#N)cc2[N+](=O)[O-])s1. The van der Waals surface area contributed by atoms with Gasteiger partial charge in [0.2, 0.25) is 0 Å². The highest BCUT2D eigenvalue weighted by Gasteiger charge is 2.16. The fraction of sp³-hybridized carbons (Fsp3) is 0.167. The van der Waals surface area contributed by atoms with Crippen LogP contribution in [0, 0.1) is 28.4 Å². The molecule has 2 aromatic rings. The van der Waals surface area contributed by atoms with Gasteiger partial charge in [0.1, 0.15) is 6.61 Å². The molecule has 0 spiro atoms. The number of rotatable bonds is 4. The molecule has 0 saturated heterocycles. The fourth-order valence-electron chi connectivity index (χ4n) is 1.47. The molecule has 7 heteroatoms. The van der Waals surface area contributed by atoms with E-state index in [2.05, 4.69) is 4.98 Å². The molecule has 96 valence electrons. The van der Waals surface area contributed by atoms with Gasteiger partial charge in [-0.1, -0.05) is 0 Å². The Morgan fingerprint density at radius 2 is 2.37 bits per heavy atom. The highest BCUT2D eigenvalue weighted by molar-refractivity contribution is 7.11. The number of benzene rings is 1. The second kappa shape index (κ2) is 5.46. The summed E-state index contributed by atoms with van der Waals surface area (Å²) in [6.07, 6.45) is 1.68. The van der Waals surface area contributed by atoms with Gasteiger partial charge in [0.25, 0.3) is 0 Å². The number of nitriles is 1. The lowest BCUT2D eigenvalue weighted by Crippen LogP contribution is -1.98. The van der Waals surface area contributed by atoms with Crippen LogP contribution in [0.15, 0.2) is 24.4 Å². The van der Waals surface area contributed by atoms with E-state index in [1.54, 1.807) is 6.20 Å². The van der Waals surface area contributed by atoms with E-state index in [4.69, 9.17) is 10.00 Å². The molecular formula is C12H9N3O3S. The largest absolute Gasteiger partial charge is 0.481 e. The monoisotopic (exact) mass is 275 g/mol. The first-order chi connectivity index (χ1) is 9.10. The summed E-state index contributed by atoms with van der Waals surface area (Å²) in [5.74, 6) is 0.148. The Hall–Kier alpha value is -2.46. The van der Waals surface area contributed by atoms with E-state index in [-0.39, 0.29) is 23.6 Å². The Bertz CT molecular complexity index is 660. The van der Waals surface area contributed by atoms with Crippen LogP contribution in [0.3, 0.4) is 0 Å². The van der Waals surface area contributed by atoms with Crippen molar-refractivity contribution in [2.75, 3.05) is 0 Å². The predicted octanol–water partition coefficient (Wildman–Crippen LogP) is 2.81. The van der Waals surface area contributed by atoms with E-state index < -0.39 is 4.92 Å². The van der Waals surface area contributed by atoms with Gasteiger partial charge in [0.05, 0.1) is 26.4 Å². The topological polar surface area (TPSA) is 89.0 Å². The van der Waals surface area contributed by atoms with Gasteiger partial charge >= 0.3 is 5.69 Å². The Morgan fingerprint density at radius 3 is 2.95 bits per heavy atom. The molecule has 19 heavy (non-hydrogen) atoms. The summed E-state index contributed by atoms with van der Waals surface area (Å²) in [5, 5.41) is 20.5. The number of aromatic nitrogens is 1. The molecule has 0 aliphatic carbocycles. The second-order valence-corrected chi connectivity index (χ2v) is 5.01. The summed E-state index contributed by atoms with van der Waals surface area (Å²) in [6, 6.07) is 5.98. The maximum absolute atomic E-state index is 10.9. The van der Waals surface area contributed by atoms with Crippen molar-refractivity contribution in [3.05, 3.63) is 50.0 Å². The fourth-order valence-corrected chi connectivity index (χ4v) is 2.18. The van der Waals surface area contributed by atoms with E-state index in [0.717, 1.165) is 9.88 Å². The quantitative estimate of drug-likeness (QED) is 0.632. The van der Waals surface area contributed by atoms with Crippen LogP contribution < -0.4 is 4.74 Å². The van der Waals surface area contributed by atoms with Crippen LogP contribution in [0.1, 0.15) is 15.4 Å². The number of nitro groups is 1. The van der Waals surface area contributed by atoms with Gasteiger partial charge in [-0.2, -0.15) is 5.26 Å². The minimum Gasteiger partial charge on any atom is -0.481 e. The third-order valence-corrected chi connectivity index (χ3v) is 3.21. The Morgan fingerprint density at radius 1 is 1.58 bits per heavy atom. The maximum Gasteiger partial charge on any atom is 0.312 e. The molecule has 0 atom stereocenters. The molecule has 1 aromatic heterocycles. The second-order valence-electron chi connectivity index (χ2n) is 3.69. The number of nitrogens with zero attached hydrogens (tertiary/aromatic N) is 3. The van der Waals surface area contributed by atoms with E-state index in [9.17, 15) is 10.1 Å².